The van der Waals surface area contributed by atoms with Crippen molar-refractivity contribution in [3.8, 4) is 0 Å². The van der Waals surface area contributed by atoms with Crippen molar-refractivity contribution in [1.82, 2.24) is 4.90 Å². The molecule has 0 aromatic carbocycles. The van der Waals surface area contributed by atoms with Crippen LogP contribution >= 0.6 is 0 Å². The fourth-order valence-electron chi connectivity index (χ4n) is 1.42. The van der Waals surface area contributed by atoms with E-state index in [9.17, 15) is 0 Å². The molecule has 0 fully saturated rings. The fourth-order valence-corrected chi connectivity index (χ4v) is 1.42. The minimum Gasteiger partial charge on any atom is -0.327 e. The molecule has 72 valence electrons. The van der Waals surface area contributed by atoms with Crippen LogP contribution in [0.15, 0.2) is 28.9 Å². The second kappa shape index (κ2) is 4.26. The molecule has 1 atom stereocenters. The van der Waals surface area contributed by atoms with Crippen LogP contribution in [0.5, 0.6) is 0 Å². The molecular formula is C11H18N2. The molecule has 2 nitrogen and oxygen atoms in total. The summed E-state index contributed by atoms with van der Waals surface area (Å²) in [6, 6.07) is 0.460. The summed E-state index contributed by atoms with van der Waals surface area (Å²) in [7, 11) is 1.84. The lowest BCUT2D eigenvalue weighted by atomic mass is 10.2. The Morgan fingerprint density at radius 1 is 1.62 bits per heavy atom. The molecule has 0 aromatic heterocycles. The number of hydrogen-bond acceptors (Lipinski definition) is 1. The van der Waals surface area contributed by atoms with E-state index < -0.39 is 0 Å². The average Bonchev–Trinajstić information content (AvgIpc) is 2.40. The van der Waals surface area contributed by atoms with Crippen molar-refractivity contribution < 1.29 is 0 Å². The average molecular weight is 178 g/mol. The van der Waals surface area contributed by atoms with Crippen molar-refractivity contribution >= 4 is 5.84 Å². The molecule has 1 heterocycles. The van der Waals surface area contributed by atoms with Gasteiger partial charge in [-0.2, -0.15) is 0 Å². The lowest BCUT2D eigenvalue weighted by molar-refractivity contribution is 0.497. The van der Waals surface area contributed by atoms with Gasteiger partial charge in [0.2, 0.25) is 0 Å². The molecule has 1 unspecified atom stereocenters. The Hall–Kier alpha value is -1.05. The first-order valence-electron chi connectivity index (χ1n) is 4.80. The molecule has 1 aliphatic heterocycles. The van der Waals surface area contributed by atoms with Crippen molar-refractivity contribution in [2.45, 2.75) is 33.2 Å². The summed E-state index contributed by atoms with van der Waals surface area (Å²) in [6.45, 7) is 6.49. The molecule has 13 heavy (non-hydrogen) atoms. The zero-order chi connectivity index (χ0) is 9.84. The Bertz CT molecular complexity index is 261. The Balaban J connectivity index is 2.81. The summed E-state index contributed by atoms with van der Waals surface area (Å²) in [5, 5.41) is 0. The molecule has 1 rings (SSSR count). The van der Waals surface area contributed by atoms with Crippen LogP contribution < -0.4 is 0 Å². The quantitative estimate of drug-likeness (QED) is 0.634. The molecule has 2 heteroatoms. The molecule has 0 N–H and O–H groups in total. The van der Waals surface area contributed by atoms with Gasteiger partial charge in [0.15, 0.2) is 0 Å². The number of nitrogens with zero attached hydrogens (tertiary/aromatic N) is 2. The Labute approximate surface area is 80.7 Å². The zero-order valence-electron chi connectivity index (χ0n) is 8.91. The molecule has 0 aromatic rings. The van der Waals surface area contributed by atoms with E-state index in [0.29, 0.717) is 6.04 Å². The lowest BCUT2D eigenvalue weighted by Gasteiger charge is -2.20. The maximum atomic E-state index is 4.24. The molecule has 0 amide bonds. The highest BCUT2D eigenvalue weighted by Gasteiger charge is 2.22. The molecule has 0 saturated carbocycles. The van der Waals surface area contributed by atoms with Gasteiger partial charge in [-0.1, -0.05) is 13.0 Å². The van der Waals surface area contributed by atoms with Gasteiger partial charge >= 0.3 is 0 Å². The highest BCUT2D eigenvalue weighted by Crippen LogP contribution is 2.19. The van der Waals surface area contributed by atoms with E-state index >= 15 is 0 Å². The van der Waals surface area contributed by atoms with Gasteiger partial charge < -0.3 is 4.90 Å². The molecule has 0 radical (unpaired) electrons. The van der Waals surface area contributed by atoms with Crippen LogP contribution in [0.3, 0.4) is 0 Å². The number of hydrogen-bond donors (Lipinski definition) is 0. The van der Waals surface area contributed by atoms with Gasteiger partial charge in [0, 0.05) is 13.2 Å². The number of rotatable bonds is 2. The van der Waals surface area contributed by atoms with Gasteiger partial charge in [-0.25, -0.2) is 0 Å². The fraction of sp³-hybridized carbons (Fsp3) is 0.545. The predicted octanol–water partition coefficient (Wildman–Crippen LogP) is 2.59. The summed E-state index contributed by atoms with van der Waals surface area (Å²) < 4.78 is 0. The Morgan fingerprint density at radius 2 is 2.31 bits per heavy atom. The maximum absolute atomic E-state index is 4.24. The molecular weight excluding hydrogens is 160 g/mol. The van der Waals surface area contributed by atoms with Gasteiger partial charge in [0.05, 0.1) is 6.04 Å². The maximum Gasteiger partial charge on any atom is 0.127 e. The highest BCUT2D eigenvalue weighted by atomic mass is 15.2. The number of allylic oxidation sites excluding steroid dienone is 1. The van der Waals surface area contributed by atoms with Crippen molar-refractivity contribution in [2.75, 3.05) is 7.05 Å². The van der Waals surface area contributed by atoms with E-state index in [2.05, 4.69) is 49.0 Å². The van der Waals surface area contributed by atoms with Crippen LogP contribution in [0, 0.1) is 0 Å². The molecule has 0 spiro atoms. The molecule has 1 aliphatic rings. The van der Waals surface area contributed by atoms with E-state index in [0.717, 1.165) is 12.3 Å². The van der Waals surface area contributed by atoms with Crippen molar-refractivity contribution in [2.24, 2.45) is 4.99 Å². The Morgan fingerprint density at radius 3 is 2.85 bits per heavy atom. The number of amidine groups is 1. The van der Waals surface area contributed by atoms with Crippen LogP contribution in [-0.2, 0) is 0 Å². The Kier molecular flexibility index (Phi) is 3.29. The number of aliphatic imine (C=N–C) groups is 1. The predicted molar refractivity (Wildman–Crippen MR) is 57.8 cm³/mol. The van der Waals surface area contributed by atoms with Crippen LogP contribution in [0.4, 0.5) is 0 Å². The first-order chi connectivity index (χ1) is 6.20. The van der Waals surface area contributed by atoms with Gasteiger partial charge in [-0.3, -0.25) is 4.99 Å². The third kappa shape index (κ3) is 2.00. The van der Waals surface area contributed by atoms with Crippen molar-refractivity contribution in [3.63, 3.8) is 0 Å². The lowest BCUT2D eigenvalue weighted by Crippen LogP contribution is -2.27. The topological polar surface area (TPSA) is 15.6 Å². The highest BCUT2D eigenvalue weighted by molar-refractivity contribution is 5.97. The second-order valence-electron chi connectivity index (χ2n) is 3.35. The van der Waals surface area contributed by atoms with Crippen LogP contribution in [0.1, 0.15) is 27.2 Å². The monoisotopic (exact) mass is 178 g/mol. The minimum atomic E-state index is 0.460. The minimum absolute atomic E-state index is 0.460. The van der Waals surface area contributed by atoms with Crippen molar-refractivity contribution in [1.29, 1.82) is 0 Å². The van der Waals surface area contributed by atoms with E-state index in [1.807, 2.05) is 7.05 Å². The van der Waals surface area contributed by atoms with Gasteiger partial charge in [0.1, 0.15) is 5.84 Å². The standard InChI is InChI=1S/C11H18N2/c1-5-6-7-13-10(3)9(2)8-11(13)12-4/h6-8,10H,5H2,1-4H3/b7-6+,12-11?. The summed E-state index contributed by atoms with van der Waals surface area (Å²) in [5.41, 5.74) is 1.38. The van der Waals surface area contributed by atoms with E-state index in [1.165, 1.54) is 5.57 Å². The largest absolute Gasteiger partial charge is 0.327 e. The third-order valence-corrected chi connectivity index (χ3v) is 2.43. The van der Waals surface area contributed by atoms with E-state index in [4.69, 9.17) is 0 Å². The summed E-state index contributed by atoms with van der Waals surface area (Å²) in [5.74, 6) is 1.06. The third-order valence-electron chi connectivity index (χ3n) is 2.43. The van der Waals surface area contributed by atoms with E-state index in [1.54, 1.807) is 0 Å². The molecule has 0 saturated heterocycles. The summed E-state index contributed by atoms with van der Waals surface area (Å²) in [4.78, 5) is 6.44. The molecule has 0 bridgehead atoms. The SMILES string of the molecule is CC/C=C/N1C(=NC)C=C(C)C1C. The summed E-state index contributed by atoms with van der Waals surface area (Å²) in [6.07, 6.45) is 7.50. The second-order valence-corrected chi connectivity index (χ2v) is 3.35. The zero-order valence-corrected chi connectivity index (χ0v) is 8.91. The molecule has 0 aliphatic carbocycles. The van der Waals surface area contributed by atoms with Gasteiger partial charge in [-0.15, -0.1) is 0 Å². The van der Waals surface area contributed by atoms with Crippen LogP contribution in [0.2, 0.25) is 0 Å². The van der Waals surface area contributed by atoms with Crippen LogP contribution in [-0.4, -0.2) is 23.8 Å². The normalized spacial score (nSPS) is 26.2. The van der Waals surface area contributed by atoms with Gasteiger partial charge in [0.25, 0.3) is 0 Å². The van der Waals surface area contributed by atoms with Crippen molar-refractivity contribution in [3.05, 3.63) is 23.9 Å². The van der Waals surface area contributed by atoms with E-state index in [-0.39, 0.29) is 0 Å². The van der Waals surface area contributed by atoms with Crippen LogP contribution in [0.25, 0.3) is 0 Å². The first-order valence-corrected chi connectivity index (χ1v) is 4.80. The van der Waals surface area contributed by atoms with Gasteiger partial charge in [-0.05, 0) is 31.9 Å². The first kappa shape index (κ1) is 10.0. The summed E-state index contributed by atoms with van der Waals surface area (Å²) >= 11 is 0. The smallest absolute Gasteiger partial charge is 0.127 e.